The zero-order valence-corrected chi connectivity index (χ0v) is 11.3. The molecule has 0 aromatic heterocycles. The first-order chi connectivity index (χ1) is 9.58. The average Bonchev–Trinajstić information content (AvgIpc) is 2.45. The predicted octanol–water partition coefficient (Wildman–Crippen LogP) is 0.798. The maximum atomic E-state index is 13.6. The zero-order valence-electron chi connectivity index (χ0n) is 11.3. The van der Waals surface area contributed by atoms with Crippen LogP contribution in [-0.4, -0.2) is 36.7 Å². The quantitative estimate of drug-likeness (QED) is 0.726. The average molecular weight is 283 g/mol. The van der Waals surface area contributed by atoms with Crippen LogP contribution in [0.1, 0.15) is 18.4 Å². The van der Waals surface area contributed by atoms with Crippen LogP contribution in [0.5, 0.6) is 0 Å². The van der Waals surface area contributed by atoms with Crippen molar-refractivity contribution in [2.24, 2.45) is 0 Å². The summed E-state index contributed by atoms with van der Waals surface area (Å²) in [7, 11) is 1.20. The van der Waals surface area contributed by atoms with E-state index in [9.17, 15) is 14.0 Å². The molecular formula is C14H18FNO4. The number of nitrogens with one attached hydrogen (secondary N) is 1. The number of aliphatic hydroxyl groups is 1. The summed E-state index contributed by atoms with van der Waals surface area (Å²) >= 11 is 0. The number of aliphatic hydroxyl groups excluding tert-OH is 1. The molecule has 1 aromatic rings. The van der Waals surface area contributed by atoms with Crippen molar-refractivity contribution in [2.75, 3.05) is 13.7 Å². The fourth-order valence-corrected chi connectivity index (χ4v) is 1.73. The van der Waals surface area contributed by atoms with Crippen molar-refractivity contribution in [2.45, 2.75) is 25.3 Å². The lowest BCUT2D eigenvalue weighted by Crippen LogP contribution is -2.43. The molecule has 110 valence electrons. The lowest BCUT2D eigenvalue weighted by atomic mass is 10.1. The first kappa shape index (κ1) is 16.1. The lowest BCUT2D eigenvalue weighted by Gasteiger charge is -2.16. The van der Waals surface area contributed by atoms with Gasteiger partial charge in [0.15, 0.2) is 0 Å². The molecule has 5 nitrogen and oxygen atoms in total. The molecule has 1 aromatic carbocycles. The number of methoxy groups -OCH3 is 1. The maximum absolute atomic E-state index is 13.6. The van der Waals surface area contributed by atoms with Crippen LogP contribution in [0.15, 0.2) is 24.3 Å². The predicted molar refractivity (Wildman–Crippen MR) is 70.4 cm³/mol. The van der Waals surface area contributed by atoms with Gasteiger partial charge in [-0.1, -0.05) is 18.2 Å². The van der Waals surface area contributed by atoms with Crippen molar-refractivity contribution in [3.8, 4) is 0 Å². The summed E-state index contributed by atoms with van der Waals surface area (Å²) in [6.07, 6.45) is 0.422. The minimum Gasteiger partial charge on any atom is -0.467 e. The Morgan fingerprint density at radius 1 is 1.40 bits per heavy atom. The smallest absolute Gasteiger partial charge is 0.328 e. The Labute approximate surface area is 116 Å². The molecular weight excluding hydrogens is 265 g/mol. The first-order valence-corrected chi connectivity index (χ1v) is 6.30. The Morgan fingerprint density at radius 2 is 2.10 bits per heavy atom. The van der Waals surface area contributed by atoms with Crippen LogP contribution in [0.25, 0.3) is 0 Å². The number of carbonyl (C=O) groups excluding carboxylic acids is 2. The van der Waals surface area contributed by atoms with Gasteiger partial charge in [0, 0.05) is 19.4 Å². The van der Waals surface area contributed by atoms with Gasteiger partial charge in [0.25, 0.3) is 0 Å². The molecule has 1 unspecified atom stereocenters. The molecule has 0 bridgehead atoms. The summed E-state index contributed by atoms with van der Waals surface area (Å²) in [5.74, 6) is -1.46. The Balaban J connectivity index is 2.72. The highest BCUT2D eigenvalue weighted by Crippen LogP contribution is 2.10. The monoisotopic (exact) mass is 283 g/mol. The van der Waals surface area contributed by atoms with Crippen LogP contribution in [-0.2, 0) is 20.7 Å². The maximum Gasteiger partial charge on any atom is 0.328 e. The summed E-state index contributed by atoms with van der Waals surface area (Å²) in [5.41, 5.74) is 0.324. The van der Waals surface area contributed by atoms with Crippen molar-refractivity contribution in [3.05, 3.63) is 35.6 Å². The Kier molecular flexibility index (Phi) is 6.66. The number of hydrogen-bond donors (Lipinski definition) is 2. The number of carbonyl (C=O) groups is 2. The van der Waals surface area contributed by atoms with E-state index in [1.807, 2.05) is 0 Å². The highest BCUT2D eigenvalue weighted by atomic mass is 19.1. The van der Waals surface area contributed by atoms with Gasteiger partial charge in [0.1, 0.15) is 11.9 Å². The third kappa shape index (κ3) is 4.97. The van der Waals surface area contributed by atoms with Crippen LogP contribution in [0.2, 0.25) is 0 Å². The number of halogens is 1. The summed E-state index contributed by atoms with van der Waals surface area (Å²) in [4.78, 5) is 23.2. The van der Waals surface area contributed by atoms with Gasteiger partial charge < -0.3 is 15.2 Å². The molecule has 6 heteroatoms. The number of hydrogen-bond acceptors (Lipinski definition) is 4. The normalized spacial score (nSPS) is 11.8. The minimum absolute atomic E-state index is 0.0181. The first-order valence-electron chi connectivity index (χ1n) is 6.30. The Bertz CT molecular complexity index is 464. The largest absolute Gasteiger partial charge is 0.467 e. The van der Waals surface area contributed by atoms with Gasteiger partial charge in [-0.15, -0.1) is 0 Å². The molecule has 0 aliphatic heterocycles. The van der Waals surface area contributed by atoms with E-state index in [0.29, 0.717) is 12.0 Å². The van der Waals surface area contributed by atoms with Gasteiger partial charge in [0.2, 0.25) is 5.91 Å². The molecule has 1 amide bonds. The molecule has 0 aliphatic carbocycles. The fraction of sp³-hybridized carbons (Fsp3) is 0.429. The molecule has 0 saturated carbocycles. The fourth-order valence-electron chi connectivity index (χ4n) is 1.73. The molecule has 0 radical (unpaired) electrons. The van der Waals surface area contributed by atoms with E-state index in [1.165, 1.54) is 13.2 Å². The van der Waals surface area contributed by atoms with Crippen LogP contribution in [0.4, 0.5) is 4.39 Å². The topological polar surface area (TPSA) is 75.6 Å². The van der Waals surface area contributed by atoms with Crippen LogP contribution < -0.4 is 5.32 Å². The van der Waals surface area contributed by atoms with Gasteiger partial charge >= 0.3 is 5.97 Å². The molecule has 1 rings (SSSR count). The third-order valence-corrected chi connectivity index (χ3v) is 2.76. The molecule has 0 heterocycles. The van der Waals surface area contributed by atoms with Crippen LogP contribution in [0.3, 0.4) is 0 Å². The van der Waals surface area contributed by atoms with Gasteiger partial charge in [0.05, 0.1) is 7.11 Å². The standard InChI is InChI=1S/C14H18FNO4/c1-20-14(19)12(16-13(18)7-4-8-17)9-10-5-2-3-6-11(10)15/h2-3,5-6,12,17H,4,7-9H2,1H3,(H,16,18). The van der Waals surface area contributed by atoms with Gasteiger partial charge in [-0.3, -0.25) is 4.79 Å². The zero-order chi connectivity index (χ0) is 15.0. The number of rotatable bonds is 7. The molecule has 2 N–H and O–H groups in total. The molecule has 1 atom stereocenters. The molecule has 0 spiro atoms. The van der Waals surface area contributed by atoms with Crippen molar-refractivity contribution >= 4 is 11.9 Å². The van der Waals surface area contributed by atoms with E-state index in [-0.39, 0.29) is 25.4 Å². The number of ether oxygens (including phenoxy) is 1. The van der Waals surface area contributed by atoms with Crippen molar-refractivity contribution in [1.82, 2.24) is 5.32 Å². The van der Waals surface area contributed by atoms with E-state index in [0.717, 1.165) is 0 Å². The molecule has 0 fully saturated rings. The van der Waals surface area contributed by atoms with Gasteiger partial charge in [-0.05, 0) is 18.1 Å². The SMILES string of the molecule is COC(=O)C(Cc1ccccc1F)NC(=O)CCCO. The van der Waals surface area contributed by atoms with Crippen molar-refractivity contribution in [3.63, 3.8) is 0 Å². The highest BCUT2D eigenvalue weighted by Gasteiger charge is 2.22. The minimum atomic E-state index is -0.942. The highest BCUT2D eigenvalue weighted by molar-refractivity contribution is 5.84. The van der Waals surface area contributed by atoms with Gasteiger partial charge in [-0.2, -0.15) is 0 Å². The second-order valence-electron chi connectivity index (χ2n) is 4.27. The van der Waals surface area contributed by atoms with Crippen LogP contribution >= 0.6 is 0 Å². The Morgan fingerprint density at radius 3 is 2.70 bits per heavy atom. The van der Waals surface area contributed by atoms with E-state index in [1.54, 1.807) is 18.2 Å². The van der Waals surface area contributed by atoms with Crippen molar-refractivity contribution < 1.29 is 23.8 Å². The summed E-state index contributed by atoms with van der Waals surface area (Å²) in [6, 6.07) is 5.09. The summed E-state index contributed by atoms with van der Waals surface area (Å²) in [6.45, 7) is -0.108. The Hall–Kier alpha value is -1.95. The van der Waals surface area contributed by atoms with Gasteiger partial charge in [-0.25, -0.2) is 9.18 Å². The van der Waals surface area contributed by atoms with E-state index >= 15 is 0 Å². The molecule has 20 heavy (non-hydrogen) atoms. The second kappa shape index (κ2) is 8.27. The summed E-state index contributed by atoms with van der Waals surface area (Å²) in [5, 5.41) is 11.1. The van der Waals surface area contributed by atoms with E-state index in [2.05, 4.69) is 10.1 Å². The number of esters is 1. The number of benzene rings is 1. The van der Waals surface area contributed by atoms with Crippen LogP contribution in [0, 0.1) is 5.82 Å². The van der Waals surface area contributed by atoms with E-state index < -0.39 is 17.8 Å². The third-order valence-electron chi connectivity index (χ3n) is 2.76. The number of amides is 1. The molecule has 0 aliphatic rings. The summed E-state index contributed by atoms with van der Waals surface area (Å²) < 4.78 is 18.2. The second-order valence-corrected chi connectivity index (χ2v) is 4.27. The lowest BCUT2D eigenvalue weighted by molar-refractivity contribution is -0.145. The van der Waals surface area contributed by atoms with E-state index in [4.69, 9.17) is 5.11 Å². The van der Waals surface area contributed by atoms with Crippen molar-refractivity contribution in [1.29, 1.82) is 0 Å². The molecule has 0 saturated heterocycles.